The zero-order valence-corrected chi connectivity index (χ0v) is 72.6. The molecule has 0 heterocycles. The molecule has 0 fully saturated rings. The van der Waals surface area contributed by atoms with E-state index in [0.29, 0.717) is 12.8 Å². The number of carboxylic acids is 4. The number of hydrogen-bond donors (Lipinski definition) is 24. The Hall–Kier alpha value is -12.4. The Morgan fingerprint density at radius 2 is 0.696 bits per heavy atom. The summed E-state index contributed by atoms with van der Waals surface area (Å²) in [7, 11) is 1.40. The van der Waals surface area contributed by atoms with Crippen molar-refractivity contribution in [3.8, 4) is 0 Å². The normalized spacial score (nSPS) is 14.4. The first-order valence-corrected chi connectivity index (χ1v) is 41.8. The van der Waals surface area contributed by atoms with E-state index < -0.39 is 267 Å². The van der Waals surface area contributed by atoms with Gasteiger partial charge in [0.05, 0.1) is 12.5 Å². The number of amides is 15. The van der Waals surface area contributed by atoms with Crippen LogP contribution in [0.3, 0.4) is 0 Å². The molecule has 2 aromatic carbocycles. The molecule has 0 unspecified atom stereocenters. The Bertz CT molecular complexity index is 3950. The van der Waals surface area contributed by atoms with Gasteiger partial charge in [0.15, 0.2) is 5.96 Å². The number of hydrogen-bond acceptors (Lipinski definition) is 22. The molecule has 0 spiro atoms. The van der Waals surface area contributed by atoms with Gasteiger partial charge >= 0.3 is 23.9 Å². The van der Waals surface area contributed by atoms with E-state index in [2.05, 4.69) is 85.1 Å². The zero-order chi connectivity index (χ0) is 94.2. The van der Waals surface area contributed by atoms with Gasteiger partial charge < -0.3 is 123 Å². The highest BCUT2D eigenvalue weighted by molar-refractivity contribution is 6.01. The lowest BCUT2D eigenvalue weighted by Crippen LogP contribution is -2.61. The van der Waals surface area contributed by atoms with E-state index in [1.807, 2.05) is 0 Å². The van der Waals surface area contributed by atoms with Crippen molar-refractivity contribution < 1.29 is 112 Å². The van der Waals surface area contributed by atoms with E-state index in [0.717, 1.165) is 18.1 Å². The van der Waals surface area contributed by atoms with Gasteiger partial charge in [0.1, 0.15) is 78.5 Å². The Labute approximate surface area is 726 Å². The number of carbonyl (C=O) groups is 19. The van der Waals surface area contributed by atoms with Crippen molar-refractivity contribution in [3.63, 3.8) is 0 Å². The number of primary amides is 1. The number of nitrogens with one attached hydrogen (secondary N) is 17. The molecule has 14 atom stereocenters. The first kappa shape index (κ1) is 109. The fraction of sp³-hybridized carbons (Fsp3) is 0.610. The maximum atomic E-state index is 14.5. The van der Waals surface area contributed by atoms with Crippen LogP contribution in [0.4, 0.5) is 0 Å². The molecular weight excluding hydrogens is 1630 g/mol. The first-order chi connectivity index (χ1) is 58.9. The summed E-state index contributed by atoms with van der Waals surface area (Å²) in [6.45, 7) is 14.6. The Morgan fingerprint density at radius 3 is 1.07 bits per heavy atom. The maximum absolute atomic E-state index is 14.5. The molecule has 0 saturated carbocycles. The third-order valence-corrected chi connectivity index (χ3v) is 19.5. The molecule has 0 aliphatic heterocycles. The number of carbonyl (C=O) groups excluding carboxylic acids is 15. The van der Waals surface area contributed by atoms with Crippen molar-refractivity contribution in [2.45, 2.75) is 282 Å². The summed E-state index contributed by atoms with van der Waals surface area (Å²) in [6, 6.07) is -3.83. The monoisotopic (exact) mass is 1760 g/mol. The molecular formula is C82H130N20O23. The lowest BCUT2D eigenvalue weighted by atomic mass is 9.99. The Kier molecular flexibility index (Phi) is 50.3. The summed E-state index contributed by atoms with van der Waals surface area (Å²) in [6.07, 6.45) is -5.53. The van der Waals surface area contributed by atoms with Crippen molar-refractivity contribution in [1.82, 2.24) is 85.1 Å². The number of nitrogens with two attached hydrogens (primary N) is 3. The van der Waals surface area contributed by atoms with E-state index in [-0.39, 0.29) is 89.3 Å². The molecule has 43 nitrogen and oxygen atoms in total. The van der Waals surface area contributed by atoms with Crippen molar-refractivity contribution in [2.75, 3.05) is 20.1 Å². The average molecular weight is 1760 g/mol. The van der Waals surface area contributed by atoms with Crippen LogP contribution in [0, 0.1) is 23.2 Å². The van der Waals surface area contributed by atoms with Crippen LogP contribution in [0.25, 0.3) is 0 Å². The minimum atomic E-state index is -1.98. The molecule has 2 rings (SSSR count). The number of carboxylic acid groups (broad SMARTS) is 4. The average Bonchev–Trinajstić information content (AvgIpc) is 0.862. The summed E-state index contributed by atoms with van der Waals surface area (Å²) < 4.78 is 0. The maximum Gasteiger partial charge on any atom is 0.305 e. The van der Waals surface area contributed by atoms with Crippen LogP contribution in [0.15, 0.2) is 60.7 Å². The lowest BCUT2D eigenvalue weighted by Gasteiger charge is -2.29. The fourth-order valence-corrected chi connectivity index (χ4v) is 12.6. The van der Waals surface area contributed by atoms with Gasteiger partial charge in [0.25, 0.3) is 0 Å². The molecule has 0 bridgehead atoms. The lowest BCUT2D eigenvalue weighted by molar-refractivity contribution is -0.140. The Morgan fingerprint density at radius 1 is 0.360 bits per heavy atom. The summed E-state index contributed by atoms with van der Waals surface area (Å²) in [5.41, 5.74) is 18.2. The van der Waals surface area contributed by atoms with Gasteiger partial charge in [-0.1, -0.05) is 122 Å². The van der Waals surface area contributed by atoms with Gasteiger partial charge in [0, 0.05) is 52.2 Å². The van der Waals surface area contributed by atoms with Gasteiger partial charge in [-0.25, -0.2) is 0 Å². The SMILES string of the molecule is CCCC[C@H](NC(=O)[C@H](CCC(N)=O)NC(=O)[C@H](CCCCN)NC(=O)[C@@H](C)NC(=O)[C@H](CC(C)C)NC(=O)[C@H](CC(=O)O)NCc1ccccc1)C(=O)N[C@@H](CCC(=O)O)C(=O)N[C@@H](CCC(=O)O)C(=O)N[C@@H](CCC(=O)O)C(=O)N[C@@H](C)C(=O)N[C@H](C(=O)N[C@H](CCCNC(=N)N)C(=O)N[C@@H](CC(C)C)C(=O)N[C@@H](Cc1ccccc1)C(=O)NC)C(C)C. The fourth-order valence-electron chi connectivity index (χ4n) is 12.6. The second kappa shape index (κ2) is 57.8. The van der Waals surface area contributed by atoms with Crippen molar-refractivity contribution in [1.29, 1.82) is 5.41 Å². The van der Waals surface area contributed by atoms with Gasteiger partial charge in [-0.15, -0.1) is 0 Å². The second-order valence-electron chi connectivity index (χ2n) is 31.6. The van der Waals surface area contributed by atoms with Crippen LogP contribution >= 0.6 is 0 Å². The second-order valence-corrected chi connectivity index (χ2v) is 31.6. The highest BCUT2D eigenvalue weighted by Crippen LogP contribution is 2.16. The van der Waals surface area contributed by atoms with E-state index in [4.69, 9.17) is 22.6 Å². The number of benzene rings is 2. The van der Waals surface area contributed by atoms with Crippen LogP contribution in [-0.2, 0) is 104 Å². The van der Waals surface area contributed by atoms with E-state index in [1.54, 1.807) is 95.3 Å². The van der Waals surface area contributed by atoms with Crippen LogP contribution < -0.4 is 102 Å². The number of aliphatic carboxylic acids is 4. The third kappa shape index (κ3) is 43.9. The molecule has 15 amide bonds. The number of likely N-dealkylation sites (N-methyl/N-ethyl adjacent to an activating group) is 1. The molecule has 0 aliphatic carbocycles. The molecule has 43 heteroatoms. The van der Waals surface area contributed by atoms with Gasteiger partial charge in [-0.2, -0.15) is 0 Å². The topological polar surface area (TPSA) is 700 Å². The predicted octanol–water partition coefficient (Wildman–Crippen LogP) is -2.86. The molecule has 0 aromatic heterocycles. The van der Waals surface area contributed by atoms with Crippen LogP contribution in [0.5, 0.6) is 0 Å². The van der Waals surface area contributed by atoms with E-state index in [1.165, 1.54) is 27.8 Å². The van der Waals surface area contributed by atoms with Crippen molar-refractivity contribution in [3.05, 3.63) is 71.8 Å². The Balaban J connectivity index is 2.49. The van der Waals surface area contributed by atoms with Gasteiger partial charge in [0.2, 0.25) is 88.6 Å². The summed E-state index contributed by atoms with van der Waals surface area (Å²) in [5.74, 6) is -22.1. The number of unbranched alkanes of at least 4 members (excludes halogenated alkanes) is 2. The minimum absolute atomic E-state index is 0.0360. The van der Waals surface area contributed by atoms with Crippen molar-refractivity contribution in [2.24, 2.45) is 35.0 Å². The highest BCUT2D eigenvalue weighted by Gasteiger charge is 2.39. The first-order valence-electron chi connectivity index (χ1n) is 41.8. The van der Waals surface area contributed by atoms with Gasteiger partial charge in [-0.05, 0) is 126 Å². The number of rotatable bonds is 62. The number of guanidine groups is 1. The van der Waals surface area contributed by atoms with Crippen LogP contribution in [0.1, 0.15) is 195 Å². The summed E-state index contributed by atoms with van der Waals surface area (Å²) >= 11 is 0. The smallest absolute Gasteiger partial charge is 0.305 e. The summed E-state index contributed by atoms with van der Waals surface area (Å²) in [4.78, 5) is 258. The molecule has 2 aromatic rings. The van der Waals surface area contributed by atoms with E-state index in [9.17, 15) is 112 Å². The minimum Gasteiger partial charge on any atom is -0.481 e. The zero-order valence-electron chi connectivity index (χ0n) is 72.6. The largest absolute Gasteiger partial charge is 0.481 e. The molecule has 27 N–H and O–H groups in total. The van der Waals surface area contributed by atoms with Crippen LogP contribution in [-0.4, -0.2) is 244 Å². The molecule has 0 saturated heterocycles. The summed E-state index contributed by atoms with van der Waals surface area (Å²) in [5, 5.41) is 87.1. The molecule has 696 valence electrons. The standard InChI is InChI=1S/C82H130N20O23/c1-11-12-26-51(93-75(119)54(29-33-62(84)103)94-73(117)52(27-19-20-37-83)92-68(112)47(8)91-79(123)59(39-44(2)3)100-78(122)58(42-66(110)111)89-43-50-24-17-14-18-25-50)72(116)96-56(31-35-64(106)107)77(121)97-57(32-36-65(108)109)76(120)95-55(30-34-63(104)105)71(115)90-48(9)69(113)102-67(46(6)7)81(125)98-53(28-21-38-88-82(85)86)74(118)99-60(40-45(4)5)80(124)101-61(70(114)87-10)41-49-22-15-13-16-23-49/h13-18,22-25,44-48,51-61,67,89H,11-12,19-21,26-43,83H2,1-10H3,(H2,84,103)(H,87,114)(H,90,115)(H,91,123)(H,92,112)(H,93,119)(H,94,117)(H,95,120)(H,96,116)(H,97,121)(H,98,125)(H,99,118)(H,100,122)(H,101,124)(H,102,113)(H,104,105)(H,106,107)(H,108,109)(H,110,111)(H4,85,86,88)/t47-,48+,51+,52+,53-,54+,55+,56+,57+,58+,59+,60+,61+,67+/m1/s1. The molecule has 0 aliphatic rings. The van der Waals surface area contributed by atoms with Gasteiger partial charge in [-0.3, -0.25) is 96.5 Å². The quantitative estimate of drug-likeness (QED) is 0.0180. The highest BCUT2D eigenvalue weighted by atomic mass is 16.4. The van der Waals surface area contributed by atoms with Crippen molar-refractivity contribution >= 4 is 118 Å². The molecule has 125 heavy (non-hydrogen) atoms. The van der Waals surface area contributed by atoms with E-state index >= 15 is 0 Å². The molecule has 0 radical (unpaired) electrons. The predicted molar refractivity (Wildman–Crippen MR) is 454 cm³/mol. The third-order valence-electron chi connectivity index (χ3n) is 19.5. The van der Waals surface area contributed by atoms with Crippen LogP contribution in [0.2, 0.25) is 0 Å².